The van der Waals surface area contributed by atoms with Gasteiger partial charge in [0.25, 0.3) is 0 Å². The number of methoxy groups -OCH3 is 1. The molecule has 2 aromatic rings. The van der Waals surface area contributed by atoms with Crippen molar-refractivity contribution in [3.8, 4) is 17.0 Å². The van der Waals surface area contributed by atoms with E-state index in [1.807, 2.05) is 26.0 Å². The molecule has 0 fully saturated rings. The second-order valence-electron chi connectivity index (χ2n) is 4.56. The van der Waals surface area contributed by atoms with Gasteiger partial charge in [0.15, 0.2) is 0 Å². The minimum Gasteiger partial charge on any atom is -0.496 e. The molecule has 1 N–H and O–H groups in total. The Morgan fingerprint density at radius 3 is 2.55 bits per heavy atom. The standard InChI is InChI=1S/C15H16N2O3/c1-9-7-13(20-3)10(2)6-11(9)15-12(8-14(18)19)16-4-5-17-15/h4-7H,8H2,1-3H3,(H,18,19). The van der Waals surface area contributed by atoms with Crippen LogP contribution >= 0.6 is 0 Å². The van der Waals surface area contributed by atoms with Crippen LogP contribution in [0.25, 0.3) is 11.3 Å². The Kier molecular flexibility index (Phi) is 3.98. The minimum atomic E-state index is -0.922. The van der Waals surface area contributed by atoms with Gasteiger partial charge in [-0.2, -0.15) is 0 Å². The Morgan fingerprint density at radius 1 is 1.20 bits per heavy atom. The van der Waals surface area contributed by atoms with E-state index in [2.05, 4.69) is 9.97 Å². The summed E-state index contributed by atoms with van der Waals surface area (Å²) in [6, 6.07) is 3.87. The lowest BCUT2D eigenvalue weighted by atomic mass is 9.99. The quantitative estimate of drug-likeness (QED) is 0.925. The number of ether oxygens (including phenoxy) is 1. The molecular formula is C15H16N2O3. The Hall–Kier alpha value is -2.43. The van der Waals surface area contributed by atoms with Gasteiger partial charge >= 0.3 is 5.97 Å². The van der Waals surface area contributed by atoms with Crippen molar-refractivity contribution in [2.75, 3.05) is 7.11 Å². The molecule has 0 spiro atoms. The molecule has 1 aromatic carbocycles. The molecule has 1 aromatic heterocycles. The Labute approximate surface area is 117 Å². The lowest BCUT2D eigenvalue weighted by Crippen LogP contribution is -2.06. The zero-order valence-electron chi connectivity index (χ0n) is 11.7. The van der Waals surface area contributed by atoms with Crippen LogP contribution in [-0.4, -0.2) is 28.2 Å². The highest BCUT2D eigenvalue weighted by Crippen LogP contribution is 2.30. The van der Waals surface area contributed by atoms with Crippen LogP contribution in [0.15, 0.2) is 24.5 Å². The zero-order valence-corrected chi connectivity index (χ0v) is 11.7. The maximum absolute atomic E-state index is 10.9. The van der Waals surface area contributed by atoms with E-state index < -0.39 is 5.97 Å². The minimum absolute atomic E-state index is 0.145. The molecule has 2 rings (SSSR count). The van der Waals surface area contributed by atoms with Crippen LogP contribution in [0.2, 0.25) is 0 Å². The number of nitrogens with zero attached hydrogens (tertiary/aromatic N) is 2. The molecule has 0 aliphatic carbocycles. The number of aromatic nitrogens is 2. The summed E-state index contributed by atoms with van der Waals surface area (Å²) in [5.41, 5.74) is 3.90. The van der Waals surface area contributed by atoms with Crippen molar-refractivity contribution in [1.29, 1.82) is 0 Å². The van der Waals surface area contributed by atoms with Crippen LogP contribution in [0.4, 0.5) is 0 Å². The van der Waals surface area contributed by atoms with Gasteiger partial charge in [0.2, 0.25) is 0 Å². The molecule has 0 aliphatic rings. The molecule has 1 heterocycles. The van der Waals surface area contributed by atoms with Gasteiger partial charge < -0.3 is 9.84 Å². The summed E-state index contributed by atoms with van der Waals surface area (Å²) in [5.74, 6) is -0.121. The molecule has 5 heteroatoms. The number of hydrogen-bond donors (Lipinski definition) is 1. The third-order valence-electron chi connectivity index (χ3n) is 3.09. The van der Waals surface area contributed by atoms with Crippen molar-refractivity contribution in [2.24, 2.45) is 0 Å². The molecule has 104 valence electrons. The fourth-order valence-corrected chi connectivity index (χ4v) is 2.13. The van der Waals surface area contributed by atoms with Gasteiger partial charge in [0.05, 0.1) is 24.9 Å². The van der Waals surface area contributed by atoms with E-state index in [0.717, 1.165) is 22.4 Å². The highest BCUT2D eigenvalue weighted by Gasteiger charge is 2.14. The SMILES string of the molecule is COc1cc(C)c(-c2nccnc2CC(=O)O)cc1C. The van der Waals surface area contributed by atoms with Crippen molar-refractivity contribution >= 4 is 5.97 Å². The Balaban J connectivity index is 2.57. The fraction of sp³-hybridized carbons (Fsp3) is 0.267. The summed E-state index contributed by atoms with van der Waals surface area (Å²) >= 11 is 0. The normalized spacial score (nSPS) is 10.3. The predicted octanol–water partition coefficient (Wildman–Crippen LogP) is 2.40. The molecule has 0 atom stereocenters. The van der Waals surface area contributed by atoms with Gasteiger partial charge in [-0.05, 0) is 37.1 Å². The summed E-state index contributed by atoms with van der Waals surface area (Å²) in [6.07, 6.45) is 2.93. The van der Waals surface area contributed by atoms with Crippen LogP contribution in [0.3, 0.4) is 0 Å². The van der Waals surface area contributed by atoms with Crippen LogP contribution in [0.1, 0.15) is 16.8 Å². The van der Waals surface area contributed by atoms with E-state index in [1.165, 1.54) is 6.20 Å². The zero-order chi connectivity index (χ0) is 14.7. The number of aliphatic carboxylic acids is 1. The topological polar surface area (TPSA) is 72.3 Å². The first-order valence-corrected chi connectivity index (χ1v) is 6.20. The van der Waals surface area contributed by atoms with E-state index >= 15 is 0 Å². The average molecular weight is 272 g/mol. The van der Waals surface area contributed by atoms with Gasteiger partial charge in [0.1, 0.15) is 5.75 Å². The molecular weight excluding hydrogens is 256 g/mol. The maximum atomic E-state index is 10.9. The highest BCUT2D eigenvalue weighted by atomic mass is 16.5. The van der Waals surface area contributed by atoms with Gasteiger partial charge in [-0.25, -0.2) is 0 Å². The second kappa shape index (κ2) is 5.69. The van der Waals surface area contributed by atoms with Crippen molar-refractivity contribution in [2.45, 2.75) is 20.3 Å². The number of carbonyl (C=O) groups is 1. The molecule has 0 radical (unpaired) electrons. The molecule has 0 aliphatic heterocycles. The lowest BCUT2D eigenvalue weighted by molar-refractivity contribution is -0.136. The Bertz CT molecular complexity index is 654. The molecule has 5 nitrogen and oxygen atoms in total. The molecule has 20 heavy (non-hydrogen) atoms. The molecule has 0 saturated carbocycles. The Morgan fingerprint density at radius 2 is 1.90 bits per heavy atom. The summed E-state index contributed by atoms with van der Waals surface area (Å²) < 4.78 is 5.28. The average Bonchev–Trinajstić information content (AvgIpc) is 2.41. The van der Waals surface area contributed by atoms with Crippen LogP contribution < -0.4 is 4.74 Å². The van der Waals surface area contributed by atoms with E-state index in [4.69, 9.17) is 9.84 Å². The van der Waals surface area contributed by atoms with E-state index in [1.54, 1.807) is 13.3 Å². The first-order valence-electron chi connectivity index (χ1n) is 6.20. The predicted molar refractivity (Wildman–Crippen MR) is 74.8 cm³/mol. The highest BCUT2D eigenvalue weighted by molar-refractivity contribution is 5.75. The smallest absolute Gasteiger partial charge is 0.309 e. The molecule has 0 unspecified atom stereocenters. The monoisotopic (exact) mass is 272 g/mol. The third kappa shape index (κ3) is 2.77. The van der Waals surface area contributed by atoms with Crippen molar-refractivity contribution < 1.29 is 14.6 Å². The van der Waals surface area contributed by atoms with Crippen LogP contribution in [-0.2, 0) is 11.2 Å². The van der Waals surface area contributed by atoms with Crippen LogP contribution in [0, 0.1) is 13.8 Å². The van der Waals surface area contributed by atoms with Crippen molar-refractivity contribution in [1.82, 2.24) is 9.97 Å². The molecule has 0 bridgehead atoms. The lowest BCUT2D eigenvalue weighted by Gasteiger charge is -2.12. The summed E-state index contributed by atoms with van der Waals surface area (Å²) in [5, 5.41) is 8.96. The third-order valence-corrected chi connectivity index (χ3v) is 3.09. The molecule has 0 saturated heterocycles. The largest absolute Gasteiger partial charge is 0.496 e. The van der Waals surface area contributed by atoms with Gasteiger partial charge in [-0.15, -0.1) is 0 Å². The van der Waals surface area contributed by atoms with Gasteiger partial charge in [0, 0.05) is 18.0 Å². The number of hydrogen-bond acceptors (Lipinski definition) is 4. The van der Waals surface area contributed by atoms with E-state index in [9.17, 15) is 4.79 Å². The van der Waals surface area contributed by atoms with Gasteiger partial charge in [-0.1, -0.05) is 0 Å². The van der Waals surface area contributed by atoms with Crippen molar-refractivity contribution in [3.05, 3.63) is 41.3 Å². The fourth-order valence-electron chi connectivity index (χ4n) is 2.13. The maximum Gasteiger partial charge on any atom is 0.309 e. The summed E-state index contributed by atoms with van der Waals surface area (Å²) in [4.78, 5) is 19.3. The first-order chi connectivity index (χ1) is 9.52. The first kappa shape index (κ1) is 14.0. The van der Waals surface area contributed by atoms with E-state index in [-0.39, 0.29) is 6.42 Å². The molecule has 0 amide bonds. The van der Waals surface area contributed by atoms with Gasteiger partial charge in [-0.3, -0.25) is 14.8 Å². The summed E-state index contributed by atoms with van der Waals surface area (Å²) in [7, 11) is 1.62. The number of rotatable bonds is 4. The number of aryl methyl sites for hydroxylation is 2. The number of benzene rings is 1. The summed E-state index contributed by atoms with van der Waals surface area (Å²) in [6.45, 7) is 3.88. The second-order valence-corrected chi connectivity index (χ2v) is 4.56. The number of carboxylic acid groups (broad SMARTS) is 1. The van der Waals surface area contributed by atoms with E-state index in [0.29, 0.717) is 11.4 Å². The van der Waals surface area contributed by atoms with Crippen LogP contribution in [0.5, 0.6) is 5.75 Å². The van der Waals surface area contributed by atoms with Crippen molar-refractivity contribution in [3.63, 3.8) is 0 Å². The number of carboxylic acids is 1.